The highest BCUT2D eigenvalue weighted by Crippen LogP contribution is 2.29. The molecule has 6 heteroatoms. The zero-order valence-electron chi connectivity index (χ0n) is 18.4. The van der Waals surface area contributed by atoms with E-state index in [1.54, 1.807) is 17.4 Å². The second-order valence-electron chi connectivity index (χ2n) is 8.15. The normalized spacial score (nSPS) is 14.8. The molecule has 2 heterocycles. The van der Waals surface area contributed by atoms with Crippen LogP contribution in [0.3, 0.4) is 0 Å². The van der Waals surface area contributed by atoms with Crippen LogP contribution in [0.4, 0.5) is 5.69 Å². The van der Waals surface area contributed by atoms with Crippen molar-refractivity contribution in [1.82, 2.24) is 5.32 Å². The van der Waals surface area contributed by atoms with E-state index in [0.29, 0.717) is 24.5 Å². The molecule has 0 aliphatic carbocycles. The van der Waals surface area contributed by atoms with Crippen LogP contribution in [0.2, 0.25) is 0 Å². The molecule has 0 bridgehead atoms. The summed E-state index contributed by atoms with van der Waals surface area (Å²) in [5.41, 5.74) is 4.20. The lowest BCUT2D eigenvalue weighted by molar-refractivity contribution is -0.123. The van der Waals surface area contributed by atoms with Crippen molar-refractivity contribution in [2.24, 2.45) is 0 Å². The molecule has 1 aromatic heterocycles. The fourth-order valence-corrected chi connectivity index (χ4v) is 4.63. The van der Waals surface area contributed by atoms with Gasteiger partial charge in [0.05, 0.1) is 6.04 Å². The van der Waals surface area contributed by atoms with Crippen LogP contribution >= 0.6 is 11.3 Å². The average Bonchev–Trinajstić information content (AvgIpc) is 3.35. The van der Waals surface area contributed by atoms with Gasteiger partial charge in [0.15, 0.2) is 6.61 Å². The molecule has 2 aromatic carbocycles. The first-order chi connectivity index (χ1) is 15.5. The molecule has 2 atom stereocenters. The van der Waals surface area contributed by atoms with Crippen LogP contribution in [0.15, 0.2) is 60.0 Å². The fraction of sp³-hybridized carbons (Fsp3) is 0.308. The Morgan fingerprint density at radius 2 is 1.91 bits per heavy atom. The van der Waals surface area contributed by atoms with E-state index in [9.17, 15) is 9.59 Å². The Kier molecular flexibility index (Phi) is 6.90. The zero-order valence-corrected chi connectivity index (χ0v) is 19.2. The van der Waals surface area contributed by atoms with Crippen molar-refractivity contribution in [3.63, 3.8) is 0 Å². The number of hydrogen-bond acceptors (Lipinski definition) is 4. The van der Waals surface area contributed by atoms with E-state index in [2.05, 4.69) is 48.7 Å². The molecule has 0 spiro atoms. The molecular formula is C26H28N2O3S. The molecule has 2 N–H and O–H groups in total. The highest BCUT2D eigenvalue weighted by molar-refractivity contribution is 7.10. The van der Waals surface area contributed by atoms with Crippen molar-refractivity contribution in [2.75, 3.05) is 11.9 Å². The molecule has 5 nitrogen and oxygen atoms in total. The van der Waals surface area contributed by atoms with E-state index in [1.807, 2.05) is 29.6 Å². The summed E-state index contributed by atoms with van der Waals surface area (Å²) in [4.78, 5) is 25.4. The van der Waals surface area contributed by atoms with Gasteiger partial charge in [-0.2, -0.15) is 0 Å². The molecule has 0 unspecified atom stereocenters. The summed E-state index contributed by atoms with van der Waals surface area (Å²) in [5, 5.41) is 8.00. The monoisotopic (exact) mass is 448 g/mol. The largest absolute Gasteiger partial charge is 0.484 e. The van der Waals surface area contributed by atoms with Crippen LogP contribution in [0.25, 0.3) is 0 Å². The SMILES string of the molecule is CC[C@H](C)c1ccc([C@H](NC(=O)COc2ccc3c(c2)CCC(=O)N3)c2cccs2)cc1. The van der Waals surface area contributed by atoms with Gasteiger partial charge in [0.25, 0.3) is 5.91 Å². The van der Waals surface area contributed by atoms with E-state index in [0.717, 1.165) is 28.1 Å². The highest BCUT2D eigenvalue weighted by Gasteiger charge is 2.19. The van der Waals surface area contributed by atoms with Crippen molar-refractivity contribution >= 4 is 28.8 Å². The number of thiophene rings is 1. The Balaban J connectivity index is 1.43. The number of hydrogen-bond donors (Lipinski definition) is 2. The van der Waals surface area contributed by atoms with Crippen molar-refractivity contribution in [3.8, 4) is 5.75 Å². The maximum atomic E-state index is 12.8. The van der Waals surface area contributed by atoms with Crippen molar-refractivity contribution in [1.29, 1.82) is 0 Å². The minimum Gasteiger partial charge on any atom is -0.484 e. The second kappa shape index (κ2) is 10.0. The maximum Gasteiger partial charge on any atom is 0.258 e. The van der Waals surface area contributed by atoms with Gasteiger partial charge in [0.1, 0.15) is 5.75 Å². The molecule has 3 aromatic rings. The first-order valence-corrected chi connectivity index (χ1v) is 11.9. The first kappa shape index (κ1) is 22.1. The summed E-state index contributed by atoms with van der Waals surface area (Å²) in [6.07, 6.45) is 2.24. The topological polar surface area (TPSA) is 67.4 Å². The van der Waals surface area contributed by atoms with E-state index < -0.39 is 0 Å². The van der Waals surface area contributed by atoms with Gasteiger partial charge in [-0.25, -0.2) is 0 Å². The lowest BCUT2D eigenvalue weighted by atomic mass is 9.95. The Morgan fingerprint density at radius 3 is 2.62 bits per heavy atom. The third-order valence-electron chi connectivity index (χ3n) is 5.93. The number of benzene rings is 2. The van der Waals surface area contributed by atoms with Gasteiger partial charge in [0, 0.05) is 17.0 Å². The number of carbonyl (C=O) groups is 2. The van der Waals surface area contributed by atoms with Crippen LogP contribution in [0.1, 0.15) is 60.2 Å². The van der Waals surface area contributed by atoms with Crippen molar-refractivity contribution < 1.29 is 14.3 Å². The van der Waals surface area contributed by atoms with Crippen LogP contribution in [-0.2, 0) is 16.0 Å². The number of carbonyl (C=O) groups excluding carboxylic acids is 2. The predicted molar refractivity (Wildman–Crippen MR) is 128 cm³/mol. The van der Waals surface area contributed by atoms with E-state index >= 15 is 0 Å². The number of ether oxygens (including phenoxy) is 1. The van der Waals surface area contributed by atoms with Crippen LogP contribution in [-0.4, -0.2) is 18.4 Å². The summed E-state index contributed by atoms with van der Waals surface area (Å²) < 4.78 is 5.76. The zero-order chi connectivity index (χ0) is 22.5. The predicted octanol–water partition coefficient (Wildman–Crippen LogP) is 5.43. The van der Waals surface area contributed by atoms with Crippen molar-refractivity contribution in [2.45, 2.75) is 45.1 Å². The molecule has 1 aliphatic heterocycles. The summed E-state index contributed by atoms with van der Waals surface area (Å²) in [6, 6.07) is 17.8. The molecule has 166 valence electrons. The standard InChI is InChI=1S/C26H28N2O3S/c1-3-17(2)18-6-8-19(9-7-18)26(23-5-4-14-32-23)28-25(30)16-31-21-11-12-22-20(15-21)10-13-24(29)27-22/h4-9,11-12,14-15,17,26H,3,10,13,16H2,1-2H3,(H,27,29)(H,28,30)/t17-,26-/m0/s1. The van der Waals surface area contributed by atoms with E-state index in [-0.39, 0.29) is 24.5 Å². The minimum absolute atomic E-state index is 0.0300. The molecule has 0 fully saturated rings. The number of aryl methyl sites for hydroxylation is 1. The quantitative estimate of drug-likeness (QED) is 0.483. The maximum absolute atomic E-state index is 12.8. The third kappa shape index (κ3) is 5.19. The van der Waals surface area contributed by atoms with Gasteiger partial charge in [-0.05, 0) is 65.1 Å². The van der Waals surface area contributed by atoms with E-state index in [4.69, 9.17) is 4.74 Å². The van der Waals surface area contributed by atoms with Crippen LogP contribution in [0.5, 0.6) is 5.75 Å². The van der Waals surface area contributed by atoms with Gasteiger partial charge in [0.2, 0.25) is 5.91 Å². The molecule has 32 heavy (non-hydrogen) atoms. The molecule has 0 saturated carbocycles. The molecule has 1 aliphatic rings. The Bertz CT molecular complexity index is 1080. The lowest BCUT2D eigenvalue weighted by Gasteiger charge is -2.20. The first-order valence-electron chi connectivity index (χ1n) is 11.0. The van der Waals surface area contributed by atoms with Crippen LogP contribution in [0, 0.1) is 0 Å². The van der Waals surface area contributed by atoms with Gasteiger partial charge in [-0.15, -0.1) is 11.3 Å². The molecular weight excluding hydrogens is 420 g/mol. The Labute approximate surface area is 192 Å². The molecule has 0 saturated heterocycles. The number of amides is 2. The average molecular weight is 449 g/mol. The smallest absolute Gasteiger partial charge is 0.258 e. The van der Waals surface area contributed by atoms with Crippen LogP contribution < -0.4 is 15.4 Å². The minimum atomic E-state index is -0.212. The fourth-order valence-electron chi connectivity index (χ4n) is 3.83. The number of rotatable bonds is 8. The molecule has 0 radical (unpaired) electrons. The van der Waals surface area contributed by atoms with Gasteiger partial charge in [-0.1, -0.05) is 44.2 Å². The summed E-state index contributed by atoms with van der Waals surface area (Å²) in [7, 11) is 0. The summed E-state index contributed by atoms with van der Waals surface area (Å²) in [5.74, 6) is 0.987. The van der Waals surface area contributed by atoms with Crippen molar-refractivity contribution in [3.05, 3.63) is 81.5 Å². The van der Waals surface area contributed by atoms with E-state index in [1.165, 1.54) is 5.56 Å². The highest BCUT2D eigenvalue weighted by atomic mass is 32.1. The lowest BCUT2D eigenvalue weighted by Crippen LogP contribution is -2.33. The van der Waals surface area contributed by atoms with Gasteiger partial charge >= 0.3 is 0 Å². The molecule has 4 rings (SSSR count). The summed E-state index contributed by atoms with van der Waals surface area (Å²) >= 11 is 1.62. The number of fused-ring (bicyclic) bond motifs is 1. The second-order valence-corrected chi connectivity index (χ2v) is 9.13. The Morgan fingerprint density at radius 1 is 1.12 bits per heavy atom. The summed E-state index contributed by atoms with van der Waals surface area (Å²) in [6.45, 7) is 4.34. The number of anilines is 1. The van der Waals surface area contributed by atoms with Gasteiger partial charge < -0.3 is 15.4 Å². The van der Waals surface area contributed by atoms with Gasteiger partial charge in [-0.3, -0.25) is 9.59 Å². The number of nitrogens with one attached hydrogen (secondary N) is 2. The Hall–Kier alpha value is -3.12. The molecule has 2 amide bonds. The third-order valence-corrected chi connectivity index (χ3v) is 6.86.